The molecule has 0 N–H and O–H groups in total. The lowest BCUT2D eigenvalue weighted by molar-refractivity contribution is 0.302. The summed E-state index contributed by atoms with van der Waals surface area (Å²) in [5, 5.41) is 4.33. The molecule has 1 aromatic carbocycles. The summed E-state index contributed by atoms with van der Waals surface area (Å²) < 4.78 is 7.83. The molecule has 2 aromatic rings. The minimum absolute atomic E-state index is 0.607. The third kappa shape index (κ3) is 2.50. The molecule has 1 aliphatic rings. The van der Waals surface area contributed by atoms with Crippen molar-refractivity contribution in [3.63, 3.8) is 0 Å². The highest BCUT2D eigenvalue weighted by atomic mass is 16.5. The van der Waals surface area contributed by atoms with Crippen LogP contribution in [0.3, 0.4) is 0 Å². The van der Waals surface area contributed by atoms with E-state index in [4.69, 9.17) is 4.74 Å². The summed E-state index contributed by atoms with van der Waals surface area (Å²) >= 11 is 0. The van der Waals surface area contributed by atoms with Gasteiger partial charge >= 0.3 is 0 Å². The topological polar surface area (TPSA) is 42.6 Å². The highest BCUT2D eigenvalue weighted by Gasteiger charge is 2.20. The van der Waals surface area contributed by atoms with Crippen molar-refractivity contribution in [3.8, 4) is 16.9 Å². The van der Waals surface area contributed by atoms with Gasteiger partial charge in [-0.1, -0.05) is 12.6 Å². The van der Waals surface area contributed by atoms with E-state index in [0.29, 0.717) is 6.61 Å². The number of aromatic nitrogens is 2. The molecule has 0 saturated heterocycles. The molecule has 0 atom stereocenters. The van der Waals surface area contributed by atoms with Gasteiger partial charge in [-0.3, -0.25) is 9.67 Å². The van der Waals surface area contributed by atoms with Gasteiger partial charge in [-0.15, -0.1) is 0 Å². The Morgan fingerprint density at radius 3 is 2.95 bits per heavy atom. The number of benzene rings is 1. The molecule has 0 spiro atoms. The second-order valence-electron chi connectivity index (χ2n) is 5.07. The maximum Gasteiger partial charge on any atom is 0.138 e. The largest absolute Gasteiger partial charge is 0.491 e. The van der Waals surface area contributed by atoms with Crippen molar-refractivity contribution in [2.45, 2.75) is 13.5 Å². The van der Waals surface area contributed by atoms with E-state index in [-0.39, 0.29) is 0 Å². The number of rotatable bonds is 3. The van der Waals surface area contributed by atoms with Gasteiger partial charge < -0.3 is 9.64 Å². The number of ether oxygens (including phenoxy) is 1. The lowest BCUT2D eigenvalue weighted by Gasteiger charge is -2.18. The second kappa shape index (κ2) is 6.05. The van der Waals surface area contributed by atoms with E-state index in [1.807, 2.05) is 22.0 Å². The fraction of sp³-hybridized carbons (Fsp3) is 0.294. The highest BCUT2D eigenvalue weighted by Crippen LogP contribution is 2.30. The third-order valence-corrected chi connectivity index (χ3v) is 3.81. The predicted molar refractivity (Wildman–Crippen MR) is 88.2 cm³/mol. The van der Waals surface area contributed by atoms with Crippen LogP contribution in [0, 0.1) is 0 Å². The Bertz CT molecular complexity index is 717. The molecule has 114 valence electrons. The van der Waals surface area contributed by atoms with Crippen LogP contribution in [0.4, 0.5) is 0 Å². The number of hydrogen-bond donors (Lipinski definition) is 0. The summed E-state index contributed by atoms with van der Waals surface area (Å²) in [6.07, 6.45) is 5.72. The molecule has 0 unspecified atom stereocenters. The third-order valence-electron chi connectivity index (χ3n) is 3.81. The van der Waals surface area contributed by atoms with E-state index in [1.165, 1.54) is 0 Å². The first kappa shape index (κ1) is 14.4. The van der Waals surface area contributed by atoms with Gasteiger partial charge in [0, 0.05) is 25.4 Å². The van der Waals surface area contributed by atoms with Crippen LogP contribution in [0.5, 0.6) is 5.75 Å². The zero-order valence-corrected chi connectivity index (χ0v) is 13.0. The molecule has 0 amide bonds. The van der Waals surface area contributed by atoms with E-state index in [0.717, 1.165) is 41.4 Å². The Labute approximate surface area is 130 Å². The lowest BCUT2D eigenvalue weighted by atomic mass is 10.0. The van der Waals surface area contributed by atoms with Crippen molar-refractivity contribution >= 4 is 5.84 Å². The number of amidine groups is 1. The SMILES string of the molecule is C=CN1CCOc2cc(-c3cnn(CC)c3)ccc2C1=NC. The maximum atomic E-state index is 5.91. The smallest absolute Gasteiger partial charge is 0.138 e. The van der Waals surface area contributed by atoms with Gasteiger partial charge in [0.15, 0.2) is 0 Å². The van der Waals surface area contributed by atoms with Gasteiger partial charge in [0.2, 0.25) is 0 Å². The molecule has 5 heteroatoms. The van der Waals surface area contributed by atoms with Crippen molar-refractivity contribution in [2.75, 3.05) is 20.2 Å². The minimum atomic E-state index is 0.607. The predicted octanol–water partition coefficient (Wildman–Crippen LogP) is 2.78. The number of nitrogens with zero attached hydrogens (tertiary/aromatic N) is 4. The van der Waals surface area contributed by atoms with Crippen LogP contribution in [0.25, 0.3) is 11.1 Å². The normalized spacial score (nSPS) is 16.1. The standard InChI is InChI=1S/C17H20N4O/c1-4-20-8-9-22-16-10-13(6-7-15(16)17(20)18-3)14-11-19-21(5-2)12-14/h4,6-7,10-12H,1,5,8-9H2,2-3H3. The molecule has 22 heavy (non-hydrogen) atoms. The molecular formula is C17H20N4O. The fourth-order valence-corrected chi connectivity index (χ4v) is 2.63. The van der Waals surface area contributed by atoms with Gasteiger partial charge in [0.05, 0.1) is 18.3 Å². The maximum absolute atomic E-state index is 5.91. The first-order valence-corrected chi connectivity index (χ1v) is 7.43. The number of fused-ring (bicyclic) bond motifs is 1. The van der Waals surface area contributed by atoms with Crippen molar-refractivity contribution in [2.24, 2.45) is 4.99 Å². The van der Waals surface area contributed by atoms with Gasteiger partial charge in [0.1, 0.15) is 18.2 Å². The molecular weight excluding hydrogens is 276 g/mol. The Kier molecular flexibility index (Phi) is 3.96. The van der Waals surface area contributed by atoms with Crippen LogP contribution in [-0.2, 0) is 6.54 Å². The summed E-state index contributed by atoms with van der Waals surface area (Å²) in [5.41, 5.74) is 3.18. The Hall–Kier alpha value is -2.56. The van der Waals surface area contributed by atoms with E-state index in [9.17, 15) is 0 Å². The van der Waals surface area contributed by atoms with Crippen molar-refractivity contribution in [1.29, 1.82) is 0 Å². The van der Waals surface area contributed by atoms with Crippen molar-refractivity contribution < 1.29 is 4.74 Å². The van der Waals surface area contributed by atoms with Gasteiger partial charge in [-0.05, 0) is 30.8 Å². The molecule has 0 fully saturated rings. The van der Waals surface area contributed by atoms with Crippen LogP contribution in [0.1, 0.15) is 12.5 Å². The van der Waals surface area contributed by atoms with Crippen LogP contribution in [0.2, 0.25) is 0 Å². The molecule has 2 heterocycles. The van der Waals surface area contributed by atoms with Crippen LogP contribution in [0.15, 0.2) is 48.4 Å². The minimum Gasteiger partial charge on any atom is -0.491 e. The fourth-order valence-electron chi connectivity index (χ4n) is 2.63. The van der Waals surface area contributed by atoms with Crippen LogP contribution >= 0.6 is 0 Å². The van der Waals surface area contributed by atoms with Gasteiger partial charge in [-0.2, -0.15) is 5.10 Å². The molecule has 0 saturated carbocycles. The monoisotopic (exact) mass is 296 g/mol. The lowest BCUT2D eigenvalue weighted by Crippen LogP contribution is -2.27. The number of aliphatic imine (C=N–C) groups is 1. The molecule has 1 aromatic heterocycles. The van der Waals surface area contributed by atoms with E-state index < -0.39 is 0 Å². The molecule has 0 bridgehead atoms. The molecule has 5 nitrogen and oxygen atoms in total. The highest BCUT2D eigenvalue weighted by molar-refractivity contribution is 6.02. The van der Waals surface area contributed by atoms with Crippen molar-refractivity contribution in [1.82, 2.24) is 14.7 Å². The Morgan fingerprint density at radius 2 is 2.27 bits per heavy atom. The van der Waals surface area contributed by atoms with Gasteiger partial charge in [-0.25, -0.2) is 0 Å². The zero-order chi connectivity index (χ0) is 15.5. The van der Waals surface area contributed by atoms with Crippen molar-refractivity contribution in [3.05, 3.63) is 48.9 Å². The molecule has 1 aliphatic heterocycles. The first-order valence-electron chi connectivity index (χ1n) is 7.43. The van der Waals surface area contributed by atoms with E-state index in [1.54, 1.807) is 13.2 Å². The van der Waals surface area contributed by atoms with E-state index >= 15 is 0 Å². The summed E-state index contributed by atoms with van der Waals surface area (Å²) in [4.78, 5) is 6.41. The van der Waals surface area contributed by atoms with Crippen LogP contribution in [-0.4, -0.2) is 40.7 Å². The average Bonchev–Trinajstić information content (AvgIpc) is 2.96. The quantitative estimate of drug-likeness (QED) is 0.874. The number of aryl methyl sites for hydroxylation is 1. The summed E-state index contributed by atoms with van der Waals surface area (Å²) in [5.74, 6) is 1.74. The Morgan fingerprint density at radius 1 is 1.41 bits per heavy atom. The summed E-state index contributed by atoms with van der Waals surface area (Å²) in [6, 6.07) is 6.19. The number of hydrogen-bond acceptors (Lipinski definition) is 3. The van der Waals surface area contributed by atoms with E-state index in [2.05, 4.69) is 41.8 Å². The summed E-state index contributed by atoms with van der Waals surface area (Å²) in [6.45, 7) is 8.14. The first-order chi connectivity index (χ1) is 10.8. The summed E-state index contributed by atoms with van der Waals surface area (Å²) in [7, 11) is 1.79. The zero-order valence-electron chi connectivity index (χ0n) is 13.0. The average molecular weight is 296 g/mol. The second-order valence-corrected chi connectivity index (χ2v) is 5.07. The molecule has 0 radical (unpaired) electrons. The molecule has 3 rings (SSSR count). The van der Waals surface area contributed by atoms with Crippen LogP contribution < -0.4 is 4.74 Å². The Balaban J connectivity index is 2.03. The van der Waals surface area contributed by atoms with Gasteiger partial charge in [0.25, 0.3) is 0 Å². The molecule has 0 aliphatic carbocycles.